The average Bonchev–Trinajstić information content (AvgIpc) is 2.94. The van der Waals surface area contributed by atoms with Crippen molar-refractivity contribution >= 4 is 31.2 Å². The van der Waals surface area contributed by atoms with E-state index in [4.69, 9.17) is 0 Å². The number of pyridine rings is 4. The van der Waals surface area contributed by atoms with Gasteiger partial charge in [0, 0.05) is 61.4 Å². The summed E-state index contributed by atoms with van der Waals surface area (Å²) in [5.41, 5.74) is 5.06. The van der Waals surface area contributed by atoms with Crippen LogP contribution in [0, 0.1) is 0 Å². The molecule has 0 aliphatic heterocycles. The van der Waals surface area contributed by atoms with E-state index in [1.165, 1.54) is 47.9 Å². The van der Waals surface area contributed by atoms with E-state index < -0.39 is 31.2 Å². The molecule has 0 saturated heterocycles. The summed E-state index contributed by atoms with van der Waals surface area (Å²) < 4.78 is 245. The Hall–Kier alpha value is -3.36. The summed E-state index contributed by atoms with van der Waals surface area (Å²) in [6, 6.07) is 17.5. The van der Waals surface area contributed by atoms with E-state index in [9.17, 15) is 101 Å². The third kappa shape index (κ3) is 54.6. The number of aromatic nitrogens is 4. The van der Waals surface area contributed by atoms with Crippen molar-refractivity contribution in [3.05, 3.63) is 98.1 Å². The molecule has 354 valence electrons. The summed E-state index contributed by atoms with van der Waals surface area (Å²) >= 11 is 0. The van der Waals surface area contributed by atoms with Crippen LogP contribution in [0.25, 0.3) is 22.3 Å². The summed E-state index contributed by atoms with van der Waals surface area (Å²) in [6.07, 6.45) is 22.1. The van der Waals surface area contributed by atoms with E-state index in [0.717, 1.165) is 13.1 Å². The normalized spacial score (nSPS) is 16.6. The van der Waals surface area contributed by atoms with Crippen molar-refractivity contribution in [1.29, 1.82) is 0 Å². The molecule has 0 aliphatic carbocycles. The Morgan fingerprint density at radius 3 is 0.600 bits per heavy atom. The molecule has 0 unspecified atom stereocenters. The maximum absolute atomic E-state index is 10.7. The molecule has 0 atom stereocenters. The molecular formula is C28H34F24N4P4. The SMILES string of the molecule is C[n+]1ccc(-c2cc[n+](CCCCCC[n+]3ccc(-c4cc[n+](C)cc4)cc3)cc2)cc1.F[P-](F)(F)(F)(F)F.F[P-](F)(F)(F)(F)F.F[P-](F)(F)(F)(F)F.F[P-](F)(F)(F)(F)F. The molecule has 0 aromatic carbocycles. The van der Waals surface area contributed by atoms with Gasteiger partial charge in [-0.3, -0.25) is 0 Å². The number of nitrogens with zero attached hydrogens (tertiary/aromatic N) is 4. The second-order valence-electron chi connectivity index (χ2n) is 12.4. The Bertz CT molecular complexity index is 1730. The Balaban J connectivity index is 0.00000100. The molecular weight excluding hydrogens is 972 g/mol. The number of aryl methyl sites for hydroxylation is 4. The van der Waals surface area contributed by atoms with Crippen molar-refractivity contribution < 1.29 is 119 Å². The monoisotopic (exact) mass is 1010 g/mol. The van der Waals surface area contributed by atoms with E-state index in [0.29, 0.717) is 0 Å². The third-order valence-electron chi connectivity index (χ3n) is 5.99. The first kappa shape index (κ1) is 56.6. The summed E-state index contributed by atoms with van der Waals surface area (Å²) in [7, 11) is -38.5. The van der Waals surface area contributed by atoms with Gasteiger partial charge in [-0.15, -0.1) is 0 Å². The number of rotatable bonds is 9. The Morgan fingerprint density at radius 1 is 0.283 bits per heavy atom. The van der Waals surface area contributed by atoms with Gasteiger partial charge in [0.2, 0.25) is 0 Å². The standard InChI is InChI=1S/C28H34N4.4F6P/c1-29-17-7-25(8-18-29)27-11-21-31(22-12-27)15-5-3-4-6-16-32-23-13-28(14-24-32)26-9-19-30(2)20-10-26;4*1-7(2,3,4,5)6/h7-14,17-24H,3-6,15-16H2,1-2H3;;;;/q+4;4*-1. The van der Waals surface area contributed by atoms with Crippen LogP contribution in [-0.4, -0.2) is 0 Å². The van der Waals surface area contributed by atoms with Crippen LogP contribution in [0.3, 0.4) is 0 Å². The molecule has 4 aromatic heterocycles. The second-order valence-corrected chi connectivity index (χ2v) is 20.1. The van der Waals surface area contributed by atoms with E-state index in [-0.39, 0.29) is 0 Å². The van der Waals surface area contributed by atoms with Crippen molar-refractivity contribution in [2.75, 3.05) is 0 Å². The van der Waals surface area contributed by atoms with Crippen molar-refractivity contribution in [3.63, 3.8) is 0 Å². The predicted octanol–water partition coefficient (Wildman–Crippen LogP) is 17.0. The van der Waals surface area contributed by atoms with E-state index in [1.54, 1.807) is 0 Å². The molecule has 4 heterocycles. The topological polar surface area (TPSA) is 15.5 Å². The van der Waals surface area contributed by atoms with Crippen molar-refractivity contribution in [1.82, 2.24) is 0 Å². The van der Waals surface area contributed by atoms with Crippen molar-refractivity contribution in [2.24, 2.45) is 14.1 Å². The summed E-state index contributed by atoms with van der Waals surface area (Å²) in [5.74, 6) is 0. The average molecular weight is 1010 g/mol. The van der Waals surface area contributed by atoms with Crippen LogP contribution in [-0.2, 0) is 27.2 Å². The molecule has 4 nitrogen and oxygen atoms in total. The zero-order valence-electron chi connectivity index (χ0n) is 30.1. The molecule has 4 aromatic rings. The van der Waals surface area contributed by atoms with Crippen LogP contribution in [0.5, 0.6) is 0 Å². The van der Waals surface area contributed by atoms with Gasteiger partial charge in [-0.2, -0.15) is 0 Å². The zero-order valence-corrected chi connectivity index (χ0v) is 33.7. The van der Waals surface area contributed by atoms with Gasteiger partial charge in [-0.05, 0) is 35.1 Å². The Morgan fingerprint density at radius 2 is 0.433 bits per heavy atom. The second kappa shape index (κ2) is 15.8. The van der Waals surface area contributed by atoms with Crippen LogP contribution in [0.4, 0.5) is 101 Å². The van der Waals surface area contributed by atoms with Gasteiger partial charge in [0.05, 0.1) is 0 Å². The summed E-state index contributed by atoms with van der Waals surface area (Å²) in [4.78, 5) is 0. The van der Waals surface area contributed by atoms with Gasteiger partial charge in [0.1, 0.15) is 27.2 Å². The summed E-state index contributed by atoms with van der Waals surface area (Å²) in [5, 5.41) is 0. The third-order valence-corrected chi connectivity index (χ3v) is 5.99. The van der Waals surface area contributed by atoms with Crippen LogP contribution < -0.4 is 18.3 Å². The quantitative estimate of drug-likeness (QED) is 0.0687. The molecule has 0 radical (unpaired) electrons. The number of hydrogen-bond acceptors (Lipinski definition) is 0. The molecule has 4 rings (SSSR count). The van der Waals surface area contributed by atoms with E-state index >= 15 is 0 Å². The Kier molecular flexibility index (Phi) is 14.9. The molecule has 0 bridgehead atoms. The molecule has 60 heavy (non-hydrogen) atoms. The van der Waals surface area contributed by atoms with Crippen molar-refractivity contribution in [3.8, 4) is 22.3 Å². The fourth-order valence-corrected chi connectivity index (χ4v) is 3.93. The fourth-order valence-electron chi connectivity index (χ4n) is 3.93. The zero-order chi connectivity index (χ0) is 47.8. The molecule has 0 aliphatic rings. The first-order valence-electron chi connectivity index (χ1n) is 15.6. The van der Waals surface area contributed by atoms with Crippen molar-refractivity contribution in [2.45, 2.75) is 38.8 Å². The van der Waals surface area contributed by atoms with Crippen LogP contribution in [0.1, 0.15) is 25.7 Å². The van der Waals surface area contributed by atoms with Gasteiger partial charge in [0.25, 0.3) is 0 Å². The molecule has 32 heteroatoms. The number of hydrogen-bond donors (Lipinski definition) is 0. The van der Waals surface area contributed by atoms with E-state index in [1.807, 2.05) is 14.1 Å². The maximum atomic E-state index is 9.87. The molecule has 0 fully saturated rings. The first-order valence-corrected chi connectivity index (χ1v) is 23.7. The van der Waals surface area contributed by atoms with E-state index in [2.05, 4.69) is 116 Å². The van der Waals surface area contributed by atoms with Gasteiger partial charge in [-0.25, -0.2) is 18.3 Å². The number of unbranched alkanes of at least 4 members (excludes halogenated alkanes) is 3. The van der Waals surface area contributed by atoms with Gasteiger partial charge in [-0.1, -0.05) is 0 Å². The molecule has 0 spiro atoms. The van der Waals surface area contributed by atoms with Gasteiger partial charge < -0.3 is 0 Å². The number of halogens is 24. The van der Waals surface area contributed by atoms with Crippen LogP contribution in [0.15, 0.2) is 98.1 Å². The fraction of sp³-hybridized carbons (Fsp3) is 0.286. The minimum atomic E-state index is -10.7. The minimum absolute atomic E-state index is 1.08. The van der Waals surface area contributed by atoms with Gasteiger partial charge >= 0.3 is 132 Å². The summed E-state index contributed by atoms with van der Waals surface area (Å²) in [6.45, 7) is 2.17. The first-order chi connectivity index (χ1) is 25.5. The predicted molar refractivity (Wildman–Crippen MR) is 179 cm³/mol. The van der Waals surface area contributed by atoms with Crippen LogP contribution in [0.2, 0.25) is 0 Å². The van der Waals surface area contributed by atoms with Crippen LogP contribution >= 0.6 is 31.2 Å². The molecule has 0 N–H and O–H groups in total. The molecule has 0 amide bonds. The molecule has 0 saturated carbocycles. The Labute approximate surface area is 323 Å². The van der Waals surface area contributed by atoms with Gasteiger partial charge in [0.15, 0.2) is 49.6 Å².